The first kappa shape index (κ1) is 15.8. The number of carbonyl (C=O) groups is 1. The van der Waals surface area contributed by atoms with Crippen molar-refractivity contribution in [2.24, 2.45) is 0 Å². The quantitative estimate of drug-likeness (QED) is 0.589. The van der Waals surface area contributed by atoms with Crippen LogP contribution in [0.5, 0.6) is 11.5 Å². The Balaban J connectivity index is 2.01. The van der Waals surface area contributed by atoms with Gasteiger partial charge >= 0.3 is 5.97 Å². The van der Waals surface area contributed by atoms with Crippen molar-refractivity contribution in [3.8, 4) is 11.5 Å². The molecule has 3 aromatic rings. The number of aryl methyl sites for hydroxylation is 2. The Morgan fingerprint density at radius 3 is 2.58 bits per heavy atom. The van der Waals surface area contributed by atoms with E-state index < -0.39 is 5.97 Å². The first-order chi connectivity index (χ1) is 11.5. The minimum Gasteiger partial charge on any atom is -0.507 e. The molecule has 1 aromatic heterocycles. The molecule has 3 rings (SSSR count). The van der Waals surface area contributed by atoms with Crippen LogP contribution in [-0.2, 0) is 17.6 Å². The zero-order chi connectivity index (χ0) is 17.1. The monoisotopic (exact) mass is 324 g/mol. The summed E-state index contributed by atoms with van der Waals surface area (Å²) in [5, 5.41) is 9.92. The highest BCUT2D eigenvalue weighted by Crippen LogP contribution is 2.31. The molecule has 0 bridgehead atoms. The smallest absolute Gasteiger partial charge is 0.308 e. The molecule has 2 aromatic carbocycles. The van der Waals surface area contributed by atoms with Gasteiger partial charge in [0.15, 0.2) is 16.8 Å². The summed E-state index contributed by atoms with van der Waals surface area (Å²) in [6.07, 6.45) is 1.22. The first-order valence-corrected chi connectivity index (χ1v) is 7.55. The van der Waals surface area contributed by atoms with Gasteiger partial charge in [0, 0.05) is 19.4 Å². The number of phenols is 1. The molecule has 0 spiro atoms. The number of carbonyl (C=O) groups excluding carboxylic acids is 1. The van der Waals surface area contributed by atoms with Crippen LogP contribution >= 0.6 is 0 Å². The van der Waals surface area contributed by atoms with E-state index in [1.807, 2.05) is 30.3 Å². The van der Waals surface area contributed by atoms with Crippen molar-refractivity contribution in [2.75, 3.05) is 0 Å². The van der Waals surface area contributed by atoms with E-state index in [2.05, 4.69) is 0 Å². The molecule has 0 amide bonds. The summed E-state index contributed by atoms with van der Waals surface area (Å²) in [5.74, 6) is -0.145. The maximum Gasteiger partial charge on any atom is 0.308 e. The summed E-state index contributed by atoms with van der Waals surface area (Å²) in [6.45, 7) is 1.26. The molecule has 1 heterocycles. The molecule has 0 atom stereocenters. The molecule has 0 saturated heterocycles. The molecule has 1 N–H and O–H groups in total. The lowest BCUT2D eigenvalue weighted by atomic mass is 10.1. The average Bonchev–Trinajstić information content (AvgIpc) is 2.56. The lowest BCUT2D eigenvalue weighted by molar-refractivity contribution is -0.131. The van der Waals surface area contributed by atoms with Crippen molar-refractivity contribution >= 4 is 16.9 Å². The highest BCUT2D eigenvalue weighted by atomic mass is 16.5. The minimum absolute atomic E-state index is 0.0113. The molecule has 5 nitrogen and oxygen atoms in total. The van der Waals surface area contributed by atoms with Gasteiger partial charge in [-0.2, -0.15) is 0 Å². The molecular weight excluding hydrogens is 308 g/mol. The molecular formula is C19H16O5. The number of benzene rings is 2. The average molecular weight is 324 g/mol. The summed E-state index contributed by atoms with van der Waals surface area (Å²) in [7, 11) is 0. The number of ether oxygens (including phenoxy) is 1. The van der Waals surface area contributed by atoms with Crippen LogP contribution in [-0.4, -0.2) is 11.1 Å². The van der Waals surface area contributed by atoms with Gasteiger partial charge in [0.1, 0.15) is 16.9 Å². The van der Waals surface area contributed by atoms with Gasteiger partial charge in [-0.15, -0.1) is 0 Å². The first-order valence-electron chi connectivity index (χ1n) is 7.55. The molecule has 0 fully saturated rings. The zero-order valence-corrected chi connectivity index (χ0v) is 13.1. The molecule has 0 aliphatic heterocycles. The third-order valence-electron chi connectivity index (χ3n) is 3.63. The van der Waals surface area contributed by atoms with Crippen LogP contribution in [0.15, 0.2) is 57.7 Å². The third-order valence-corrected chi connectivity index (χ3v) is 3.63. The highest BCUT2D eigenvalue weighted by molar-refractivity contribution is 5.89. The minimum atomic E-state index is -0.528. The van der Waals surface area contributed by atoms with Crippen LogP contribution in [0.1, 0.15) is 18.2 Å². The molecule has 0 aliphatic carbocycles. The fourth-order valence-corrected chi connectivity index (χ4v) is 2.54. The normalized spacial score (nSPS) is 10.7. The molecule has 5 heteroatoms. The van der Waals surface area contributed by atoms with Crippen molar-refractivity contribution in [3.05, 3.63) is 70.1 Å². The van der Waals surface area contributed by atoms with Crippen LogP contribution in [0.25, 0.3) is 11.0 Å². The molecule has 24 heavy (non-hydrogen) atoms. The second-order valence-electron chi connectivity index (χ2n) is 5.44. The van der Waals surface area contributed by atoms with Crippen molar-refractivity contribution in [1.29, 1.82) is 0 Å². The lowest BCUT2D eigenvalue weighted by Gasteiger charge is -2.08. The topological polar surface area (TPSA) is 76.7 Å². The summed E-state index contributed by atoms with van der Waals surface area (Å²) in [5.41, 5.74) is 0.836. The number of fused-ring (bicyclic) bond motifs is 1. The van der Waals surface area contributed by atoms with E-state index in [4.69, 9.17) is 9.15 Å². The van der Waals surface area contributed by atoms with Crippen molar-refractivity contribution in [3.63, 3.8) is 0 Å². The molecule has 0 unspecified atom stereocenters. The van der Waals surface area contributed by atoms with E-state index in [0.717, 1.165) is 5.56 Å². The van der Waals surface area contributed by atoms with E-state index in [9.17, 15) is 14.7 Å². The van der Waals surface area contributed by atoms with Gasteiger partial charge in [-0.1, -0.05) is 30.3 Å². The van der Waals surface area contributed by atoms with E-state index in [0.29, 0.717) is 18.6 Å². The Morgan fingerprint density at radius 1 is 1.12 bits per heavy atom. The Hall–Kier alpha value is -3.08. The number of hydrogen-bond acceptors (Lipinski definition) is 5. The largest absolute Gasteiger partial charge is 0.507 e. The number of hydrogen-bond donors (Lipinski definition) is 1. The van der Waals surface area contributed by atoms with Crippen LogP contribution in [0.4, 0.5) is 0 Å². The summed E-state index contributed by atoms with van der Waals surface area (Å²) in [4.78, 5) is 23.5. The van der Waals surface area contributed by atoms with E-state index in [1.54, 1.807) is 0 Å². The Morgan fingerprint density at radius 2 is 1.88 bits per heavy atom. The fraction of sp³-hybridized carbons (Fsp3) is 0.158. The van der Waals surface area contributed by atoms with E-state index in [1.165, 1.54) is 25.1 Å². The SMILES string of the molecule is CC(=O)Oc1ccc(O)c2c(=O)cc(CCc3ccccc3)oc12. The lowest BCUT2D eigenvalue weighted by Crippen LogP contribution is -2.07. The van der Waals surface area contributed by atoms with Crippen LogP contribution in [0.2, 0.25) is 0 Å². The summed E-state index contributed by atoms with van der Waals surface area (Å²) < 4.78 is 10.8. The Bertz CT molecular complexity index is 941. The summed E-state index contributed by atoms with van der Waals surface area (Å²) in [6, 6.07) is 13.9. The van der Waals surface area contributed by atoms with Crippen molar-refractivity contribution < 1.29 is 19.1 Å². The standard InChI is InChI=1S/C19H16O5/c1-12(20)23-17-10-9-15(21)18-16(22)11-14(24-19(17)18)8-7-13-5-3-2-4-6-13/h2-6,9-11,21H,7-8H2,1H3. The number of esters is 1. The van der Waals surface area contributed by atoms with Gasteiger partial charge < -0.3 is 14.3 Å². The van der Waals surface area contributed by atoms with Crippen LogP contribution in [0, 0.1) is 0 Å². The van der Waals surface area contributed by atoms with Gasteiger partial charge in [-0.3, -0.25) is 9.59 Å². The van der Waals surface area contributed by atoms with Gasteiger partial charge in [0.25, 0.3) is 0 Å². The van der Waals surface area contributed by atoms with Gasteiger partial charge in [0.05, 0.1) is 0 Å². The van der Waals surface area contributed by atoms with E-state index >= 15 is 0 Å². The van der Waals surface area contributed by atoms with Crippen LogP contribution in [0.3, 0.4) is 0 Å². The number of rotatable bonds is 4. The maximum absolute atomic E-state index is 12.3. The Labute approximate surface area is 138 Å². The summed E-state index contributed by atoms with van der Waals surface area (Å²) >= 11 is 0. The van der Waals surface area contributed by atoms with Gasteiger partial charge in [0.2, 0.25) is 0 Å². The highest BCUT2D eigenvalue weighted by Gasteiger charge is 2.15. The predicted octanol–water partition coefficient (Wildman–Crippen LogP) is 3.21. The van der Waals surface area contributed by atoms with Crippen molar-refractivity contribution in [1.82, 2.24) is 0 Å². The predicted molar refractivity (Wildman–Crippen MR) is 89.3 cm³/mol. The van der Waals surface area contributed by atoms with E-state index in [-0.39, 0.29) is 27.9 Å². The Kier molecular flexibility index (Phi) is 4.33. The van der Waals surface area contributed by atoms with Crippen LogP contribution < -0.4 is 10.2 Å². The number of phenolic OH excluding ortho intramolecular Hbond substituents is 1. The molecule has 0 radical (unpaired) electrons. The van der Waals surface area contributed by atoms with Gasteiger partial charge in [-0.05, 0) is 24.1 Å². The fourth-order valence-electron chi connectivity index (χ4n) is 2.54. The van der Waals surface area contributed by atoms with Gasteiger partial charge in [-0.25, -0.2) is 0 Å². The maximum atomic E-state index is 12.3. The number of aromatic hydroxyl groups is 1. The van der Waals surface area contributed by atoms with Crippen molar-refractivity contribution in [2.45, 2.75) is 19.8 Å². The molecule has 0 saturated carbocycles. The molecule has 122 valence electrons. The zero-order valence-electron chi connectivity index (χ0n) is 13.1. The third kappa shape index (κ3) is 3.30. The second kappa shape index (κ2) is 6.58. The second-order valence-corrected chi connectivity index (χ2v) is 5.44. The molecule has 0 aliphatic rings.